The van der Waals surface area contributed by atoms with Crippen molar-refractivity contribution >= 4 is 27.3 Å². The lowest BCUT2D eigenvalue weighted by Crippen LogP contribution is -2.39. The third kappa shape index (κ3) is 3.06. The number of alkyl halides is 1. The third-order valence-corrected chi connectivity index (χ3v) is 6.03. The quantitative estimate of drug-likeness (QED) is 0.802. The van der Waals surface area contributed by atoms with Crippen molar-refractivity contribution < 1.29 is 8.42 Å². The lowest BCUT2D eigenvalue weighted by Gasteiger charge is -2.32. The molecular weight excluding hydrogens is 282 g/mol. The highest BCUT2D eigenvalue weighted by Crippen LogP contribution is 2.33. The van der Waals surface area contributed by atoms with Crippen molar-refractivity contribution in [1.82, 2.24) is 0 Å². The first kappa shape index (κ1) is 14.7. The second-order valence-electron chi connectivity index (χ2n) is 5.30. The van der Waals surface area contributed by atoms with Gasteiger partial charge in [-0.05, 0) is 36.8 Å². The number of sulfonamides is 1. The van der Waals surface area contributed by atoms with E-state index in [-0.39, 0.29) is 11.7 Å². The molecule has 0 aromatic heterocycles. The number of para-hydroxylation sites is 1. The smallest absolute Gasteiger partial charge is 0.235 e. The Labute approximate surface area is 120 Å². The maximum atomic E-state index is 12.5. The first-order chi connectivity index (χ1) is 8.95. The summed E-state index contributed by atoms with van der Waals surface area (Å²) in [6.45, 7) is 4.42. The van der Waals surface area contributed by atoms with E-state index in [4.69, 9.17) is 11.6 Å². The maximum Gasteiger partial charge on any atom is 0.235 e. The van der Waals surface area contributed by atoms with Gasteiger partial charge in [0.25, 0.3) is 0 Å². The molecular formula is C14H20ClNO2S. The molecule has 0 fully saturated rings. The van der Waals surface area contributed by atoms with E-state index < -0.39 is 10.0 Å². The van der Waals surface area contributed by atoms with Gasteiger partial charge in [-0.3, -0.25) is 4.31 Å². The van der Waals surface area contributed by atoms with E-state index in [2.05, 4.69) is 0 Å². The lowest BCUT2D eigenvalue weighted by atomic mass is 10.0. The second kappa shape index (κ2) is 5.71. The van der Waals surface area contributed by atoms with Crippen molar-refractivity contribution in [3.8, 4) is 0 Å². The summed E-state index contributed by atoms with van der Waals surface area (Å²) in [5.74, 6) is 0.457. The van der Waals surface area contributed by atoms with E-state index in [1.807, 2.05) is 32.0 Å². The normalized spacial score (nSPS) is 17.1. The van der Waals surface area contributed by atoms with Gasteiger partial charge >= 0.3 is 0 Å². The summed E-state index contributed by atoms with van der Waals surface area (Å²) >= 11 is 5.75. The van der Waals surface area contributed by atoms with Crippen LogP contribution in [0.5, 0.6) is 0 Å². The van der Waals surface area contributed by atoms with Gasteiger partial charge in [-0.1, -0.05) is 25.1 Å². The van der Waals surface area contributed by atoms with Crippen LogP contribution in [-0.4, -0.2) is 26.6 Å². The first-order valence-electron chi connectivity index (χ1n) is 6.60. The molecule has 1 aromatic carbocycles. The van der Waals surface area contributed by atoms with Gasteiger partial charge in [-0.15, -0.1) is 11.6 Å². The number of fused-ring (bicyclic) bond motifs is 1. The summed E-state index contributed by atoms with van der Waals surface area (Å²) in [6, 6.07) is 5.98. The molecule has 5 heteroatoms. The number of benzene rings is 1. The molecule has 2 rings (SSSR count). The van der Waals surface area contributed by atoms with Crippen molar-refractivity contribution in [2.75, 3.05) is 22.5 Å². The Morgan fingerprint density at radius 3 is 2.84 bits per heavy atom. The number of hydrogen-bond donors (Lipinski definition) is 0. The zero-order valence-electron chi connectivity index (χ0n) is 11.4. The zero-order valence-corrected chi connectivity index (χ0v) is 13.0. The highest BCUT2D eigenvalue weighted by Gasteiger charge is 2.29. The molecule has 0 saturated heterocycles. The van der Waals surface area contributed by atoms with Gasteiger partial charge in [0.1, 0.15) is 0 Å². The van der Waals surface area contributed by atoms with Crippen LogP contribution in [0.4, 0.5) is 5.69 Å². The summed E-state index contributed by atoms with van der Waals surface area (Å²) in [7, 11) is -3.28. The fourth-order valence-electron chi connectivity index (χ4n) is 2.58. The molecule has 0 saturated carbocycles. The van der Waals surface area contributed by atoms with Crippen LogP contribution in [0.1, 0.15) is 24.5 Å². The van der Waals surface area contributed by atoms with Gasteiger partial charge < -0.3 is 0 Å². The number of hydrogen-bond acceptors (Lipinski definition) is 2. The largest absolute Gasteiger partial charge is 0.270 e. The SMILES string of the molecule is Cc1cccc2c1N(S(=O)(=O)CC(C)CCl)CCC2. The summed E-state index contributed by atoms with van der Waals surface area (Å²) < 4.78 is 26.7. The fourth-order valence-corrected chi connectivity index (χ4v) is 4.78. The van der Waals surface area contributed by atoms with E-state index in [0.29, 0.717) is 12.4 Å². The number of aryl methyl sites for hydroxylation is 2. The van der Waals surface area contributed by atoms with Crippen molar-refractivity contribution in [2.24, 2.45) is 5.92 Å². The summed E-state index contributed by atoms with van der Waals surface area (Å²) in [4.78, 5) is 0. The molecule has 1 heterocycles. The van der Waals surface area contributed by atoms with Crippen molar-refractivity contribution in [1.29, 1.82) is 0 Å². The summed E-state index contributed by atoms with van der Waals surface area (Å²) in [6.07, 6.45) is 1.83. The predicted octanol–water partition coefficient (Wildman–Crippen LogP) is 2.95. The minimum atomic E-state index is -3.28. The Hall–Kier alpha value is -0.740. The molecule has 19 heavy (non-hydrogen) atoms. The Balaban J connectivity index is 2.38. The van der Waals surface area contributed by atoms with E-state index in [1.54, 1.807) is 4.31 Å². The van der Waals surface area contributed by atoms with E-state index in [1.165, 1.54) is 0 Å². The van der Waals surface area contributed by atoms with Gasteiger partial charge in [0, 0.05) is 12.4 Å². The molecule has 106 valence electrons. The van der Waals surface area contributed by atoms with Gasteiger partial charge in [0.2, 0.25) is 10.0 Å². The van der Waals surface area contributed by atoms with Crippen LogP contribution in [0.25, 0.3) is 0 Å². The minimum absolute atomic E-state index is 0.0268. The Kier molecular flexibility index (Phi) is 4.41. The van der Waals surface area contributed by atoms with Gasteiger partial charge in [0.05, 0.1) is 11.4 Å². The minimum Gasteiger partial charge on any atom is -0.270 e. The molecule has 1 unspecified atom stereocenters. The zero-order chi connectivity index (χ0) is 14.0. The Bertz CT molecular complexity index is 557. The molecule has 3 nitrogen and oxygen atoms in total. The molecule has 0 radical (unpaired) electrons. The third-order valence-electron chi connectivity index (χ3n) is 3.47. The standard InChI is InChI=1S/C14H20ClNO2S/c1-11(9-15)10-19(17,18)16-8-4-7-13-6-3-5-12(2)14(13)16/h3,5-6,11H,4,7-10H2,1-2H3. The number of rotatable bonds is 4. The van der Waals surface area contributed by atoms with Crippen LogP contribution in [0, 0.1) is 12.8 Å². The second-order valence-corrected chi connectivity index (χ2v) is 7.54. The molecule has 0 bridgehead atoms. The lowest BCUT2D eigenvalue weighted by molar-refractivity contribution is 0.574. The maximum absolute atomic E-state index is 12.5. The Morgan fingerprint density at radius 2 is 2.16 bits per heavy atom. The monoisotopic (exact) mass is 301 g/mol. The van der Waals surface area contributed by atoms with Crippen LogP contribution in [0.2, 0.25) is 0 Å². The van der Waals surface area contributed by atoms with Crippen molar-refractivity contribution in [3.05, 3.63) is 29.3 Å². The topological polar surface area (TPSA) is 37.4 Å². The number of anilines is 1. The van der Waals surface area contributed by atoms with Gasteiger partial charge in [-0.2, -0.15) is 0 Å². The average Bonchev–Trinajstić information content (AvgIpc) is 2.38. The highest BCUT2D eigenvalue weighted by atomic mass is 35.5. The average molecular weight is 302 g/mol. The summed E-state index contributed by atoms with van der Waals surface area (Å²) in [5, 5.41) is 0. The van der Waals surface area contributed by atoms with Crippen molar-refractivity contribution in [3.63, 3.8) is 0 Å². The van der Waals surface area contributed by atoms with Crippen LogP contribution >= 0.6 is 11.6 Å². The molecule has 0 N–H and O–H groups in total. The molecule has 0 aliphatic carbocycles. The first-order valence-corrected chi connectivity index (χ1v) is 8.75. The van der Waals surface area contributed by atoms with Crippen molar-refractivity contribution in [2.45, 2.75) is 26.7 Å². The predicted molar refractivity (Wildman–Crippen MR) is 80.5 cm³/mol. The molecule has 1 atom stereocenters. The highest BCUT2D eigenvalue weighted by molar-refractivity contribution is 7.92. The number of nitrogens with zero attached hydrogens (tertiary/aromatic N) is 1. The van der Waals surface area contributed by atoms with E-state index >= 15 is 0 Å². The summed E-state index contributed by atoms with van der Waals surface area (Å²) in [5.41, 5.74) is 3.04. The van der Waals surface area contributed by atoms with Crippen LogP contribution in [0.3, 0.4) is 0 Å². The molecule has 1 aliphatic heterocycles. The van der Waals surface area contributed by atoms with Crippen LogP contribution in [0.15, 0.2) is 18.2 Å². The van der Waals surface area contributed by atoms with Crippen LogP contribution in [-0.2, 0) is 16.4 Å². The molecule has 1 aromatic rings. The van der Waals surface area contributed by atoms with E-state index in [9.17, 15) is 8.42 Å². The Morgan fingerprint density at radius 1 is 1.42 bits per heavy atom. The molecule has 1 aliphatic rings. The van der Waals surface area contributed by atoms with Gasteiger partial charge in [-0.25, -0.2) is 8.42 Å². The van der Waals surface area contributed by atoms with E-state index in [0.717, 1.165) is 29.7 Å². The molecule has 0 amide bonds. The van der Waals surface area contributed by atoms with Gasteiger partial charge in [0.15, 0.2) is 0 Å². The molecule has 0 spiro atoms. The number of halogens is 1. The van der Waals surface area contributed by atoms with Crippen LogP contribution < -0.4 is 4.31 Å². The fraction of sp³-hybridized carbons (Fsp3) is 0.571.